The summed E-state index contributed by atoms with van der Waals surface area (Å²) < 4.78 is 39.9. The molecule has 0 radical (unpaired) electrons. The Labute approximate surface area is 170 Å². The fraction of sp³-hybridized carbons (Fsp3) is 0.333. The number of hydrogen-bond acceptors (Lipinski definition) is 2. The van der Waals surface area contributed by atoms with Gasteiger partial charge >= 0.3 is 6.18 Å². The molecule has 1 aliphatic rings. The lowest BCUT2D eigenvalue weighted by Crippen LogP contribution is -2.38. The molecule has 4 rings (SSSR count). The van der Waals surface area contributed by atoms with Crippen molar-refractivity contribution in [2.75, 3.05) is 6.54 Å². The lowest BCUT2D eigenvalue weighted by Gasteiger charge is -2.29. The number of aliphatic hydroxyl groups excluding tert-OH is 1. The van der Waals surface area contributed by atoms with E-state index in [1.54, 1.807) is 18.2 Å². The highest BCUT2D eigenvalue weighted by atomic mass is 35.5. The van der Waals surface area contributed by atoms with Crippen LogP contribution in [-0.2, 0) is 6.18 Å². The van der Waals surface area contributed by atoms with Gasteiger partial charge in [0, 0.05) is 6.04 Å². The van der Waals surface area contributed by atoms with Crippen molar-refractivity contribution in [2.45, 2.75) is 37.6 Å². The third-order valence-corrected chi connectivity index (χ3v) is 6.12. The SMILES string of the molecule is O[C@@H](c1cc2cc(Cl)c(Cl)cc2c2cc(C(F)(F)F)ccc12)[C@H]1CCCCN1. The molecule has 3 aromatic carbocycles. The Bertz CT molecular complexity index is 1050. The zero-order valence-electron chi connectivity index (χ0n) is 14.8. The van der Waals surface area contributed by atoms with Crippen LogP contribution in [0.15, 0.2) is 36.4 Å². The van der Waals surface area contributed by atoms with Gasteiger partial charge in [0.2, 0.25) is 0 Å². The van der Waals surface area contributed by atoms with Crippen molar-refractivity contribution in [1.29, 1.82) is 0 Å². The second-order valence-electron chi connectivity index (χ2n) is 7.21. The summed E-state index contributed by atoms with van der Waals surface area (Å²) in [6, 6.07) is 8.47. The van der Waals surface area contributed by atoms with Gasteiger partial charge in [-0.1, -0.05) is 35.7 Å². The first-order valence-electron chi connectivity index (χ1n) is 9.10. The van der Waals surface area contributed by atoms with Crippen molar-refractivity contribution in [1.82, 2.24) is 5.32 Å². The second kappa shape index (κ2) is 7.38. The first-order chi connectivity index (χ1) is 13.3. The van der Waals surface area contributed by atoms with Gasteiger partial charge in [0.05, 0.1) is 21.7 Å². The van der Waals surface area contributed by atoms with E-state index in [0.717, 1.165) is 37.9 Å². The van der Waals surface area contributed by atoms with Crippen molar-refractivity contribution in [2.24, 2.45) is 0 Å². The molecule has 0 amide bonds. The fourth-order valence-corrected chi connectivity index (χ4v) is 4.30. The van der Waals surface area contributed by atoms with Crippen molar-refractivity contribution in [3.05, 3.63) is 57.6 Å². The van der Waals surface area contributed by atoms with Crippen LogP contribution >= 0.6 is 23.2 Å². The van der Waals surface area contributed by atoms with E-state index in [-0.39, 0.29) is 11.1 Å². The van der Waals surface area contributed by atoms with Crippen molar-refractivity contribution in [3.8, 4) is 0 Å². The van der Waals surface area contributed by atoms with E-state index in [9.17, 15) is 18.3 Å². The highest BCUT2D eigenvalue weighted by molar-refractivity contribution is 6.43. The summed E-state index contributed by atoms with van der Waals surface area (Å²) in [5, 5.41) is 17.1. The zero-order chi connectivity index (χ0) is 20.1. The minimum Gasteiger partial charge on any atom is -0.387 e. The van der Waals surface area contributed by atoms with Crippen LogP contribution in [0.25, 0.3) is 21.5 Å². The van der Waals surface area contributed by atoms with E-state index in [2.05, 4.69) is 5.32 Å². The van der Waals surface area contributed by atoms with Gasteiger partial charge in [-0.05, 0) is 76.8 Å². The summed E-state index contributed by atoms with van der Waals surface area (Å²) in [7, 11) is 0. The maximum Gasteiger partial charge on any atom is 0.416 e. The Morgan fingerprint density at radius 3 is 2.39 bits per heavy atom. The first-order valence-corrected chi connectivity index (χ1v) is 9.85. The molecule has 148 valence electrons. The van der Waals surface area contributed by atoms with Crippen LogP contribution < -0.4 is 5.32 Å². The molecule has 1 aliphatic heterocycles. The summed E-state index contributed by atoms with van der Waals surface area (Å²) in [5.41, 5.74) is -0.149. The predicted molar refractivity (Wildman–Crippen MR) is 107 cm³/mol. The van der Waals surface area contributed by atoms with Gasteiger partial charge in [-0.25, -0.2) is 0 Å². The van der Waals surface area contributed by atoms with Crippen LogP contribution in [0.2, 0.25) is 10.0 Å². The van der Waals surface area contributed by atoms with Crippen LogP contribution in [0.3, 0.4) is 0 Å². The number of rotatable bonds is 2. The normalized spacial score (nSPS) is 19.3. The molecule has 7 heteroatoms. The molecule has 3 aromatic rings. The molecule has 2 atom stereocenters. The molecular formula is C21H18Cl2F3NO. The molecule has 1 saturated heterocycles. The average molecular weight is 428 g/mol. The number of alkyl halides is 3. The summed E-state index contributed by atoms with van der Waals surface area (Å²) in [6.45, 7) is 0.812. The van der Waals surface area contributed by atoms with Gasteiger partial charge in [-0.15, -0.1) is 0 Å². The molecule has 2 N–H and O–H groups in total. The first kappa shape index (κ1) is 19.8. The predicted octanol–water partition coefficient (Wildman–Crippen LogP) is 6.49. The number of hydrogen-bond donors (Lipinski definition) is 2. The Balaban J connectivity index is 1.99. The third-order valence-electron chi connectivity index (χ3n) is 5.40. The summed E-state index contributed by atoms with van der Waals surface area (Å²) in [5.74, 6) is 0. The van der Waals surface area contributed by atoms with E-state index in [1.165, 1.54) is 6.07 Å². The lowest BCUT2D eigenvalue weighted by atomic mass is 9.88. The highest BCUT2D eigenvalue weighted by Gasteiger charge is 2.31. The van der Waals surface area contributed by atoms with Gasteiger partial charge in [0.25, 0.3) is 0 Å². The molecule has 0 spiro atoms. The number of piperidine rings is 1. The topological polar surface area (TPSA) is 32.3 Å². The quantitative estimate of drug-likeness (QED) is 0.457. The Morgan fingerprint density at radius 2 is 1.71 bits per heavy atom. The Hall–Kier alpha value is -1.53. The maximum atomic E-state index is 13.3. The van der Waals surface area contributed by atoms with E-state index >= 15 is 0 Å². The van der Waals surface area contributed by atoms with E-state index in [0.29, 0.717) is 32.1 Å². The molecule has 2 nitrogen and oxygen atoms in total. The van der Waals surface area contributed by atoms with Gasteiger partial charge in [-0.2, -0.15) is 13.2 Å². The molecule has 0 unspecified atom stereocenters. The molecule has 1 fully saturated rings. The van der Waals surface area contributed by atoms with Gasteiger partial charge < -0.3 is 10.4 Å². The molecule has 28 heavy (non-hydrogen) atoms. The fourth-order valence-electron chi connectivity index (χ4n) is 3.97. The molecule has 0 aromatic heterocycles. The highest BCUT2D eigenvalue weighted by Crippen LogP contribution is 2.40. The van der Waals surface area contributed by atoms with Crippen molar-refractivity contribution < 1.29 is 18.3 Å². The third kappa shape index (κ3) is 3.57. The standard InChI is InChI=1S/C21H18Cl2F3NO/c22-17-8-11-7-16(20(28)19-3-1-2-6-27-19)13-5-4-12(21(24,25)26)9-15(13)14(11)10-18(17)23/h4-5,7-10,19-20,27-28H,1-3,6H2/t19-,20+/m1/s1. The van der Waals surface area contributed by atoms with E-state index < -0.39 is 17.8 Å². The lowest BCUT2D eigenvalue weighted by molar-refractivity contribution is -0.137. The number of aliphatic hydroxyl groups is 1. The summed E-state index contributed by atoms with van der Waals surface area (Å²) in [6.07, 6.45) is -2.44. The zero-order valence-corrected chi connectivity index (χ0v) is 16.3. The largest absolute Gasteiger partial charge is 0.416 e. The Kier molecular flexibility index (Phi) is 5.21. The van der Waals surface area contributed by atoms with Gasteiger partial charge in [0.15, 0.2) is 0 Å². The van der Waals surface area contributed by atoms with Crippen LogP contribution in [0, 0.1) is 0 Å². The average Bonchev–Trinajstić information content (AvgIpc) is 2.67. The number of halogens is 5. The molecule has 0 bridgehead atoms. The molecule has 0 saturated carbocycles. The van der Waals surface area contributed by atoms with Crippen LogP contribution in [-0.4, -0.2) is 17.7 Å². The number of nitrogens with one attached hydrogen (secondary N) is 1. The van der Waals surface area contributed by atoms with E-state index in [1.807, 2.05) is 0 Å². The van der Waals surface area contributed by atoms with Crippen molar-refractivity contribution in [3.63, 3.8) is 0 Å². The second-order valence-corrected chi connectivity index (χ2v) is 8.03. The number of benzene rings is 3. The molecule has 0 aliphatic carbocycles. The van der Waals surface area contributed by atoms with Crippen molar-refractivity contribution >= 4 is 44.7 Å². The smallest absolute Gasteiger partial charge is 0.387 e. The number of fused-ring (bicyclic) bond motifs is 3. The van der Waals surface area contributed by atoms with Gasteiger partial charge in [-0.3, -0.25) is 0 Å². The van der Waals surface area contributed by atoms with Crippen LogP contribution in [0.1, 0.15) is 36.5 Å². The van der Waals surface area contributed by atoms with E-state index in [4.69, 9.17) is 23.2 Å². The molecule has 1 heterocycles. The minimum absolute atomic E-state index is 0.139. The summed E-state index contributed by atoms with van der Waals surface area (Å²) in [4.78, 5) is 0. The minimum atomic E-state index is -4.46. The van der Waals surface area contributed by atoms with Crippen LogP contribution in [0.5, 0.6) is 0 Å². The molecular weight excluding hydrogens is 410 g/mol. The van der Waals surface area contributed by atoms with Gasteiger partial charge in [0.1, 0.15) is 0 Å². The maximum absolute atomic E-state index is 13.3. The van der Waals surface area contributed by atoms with Crippen LogP contribution in [0.4, 0.5) is 13.2 Å². The Morgan fingerprint density at radius 1 is 0.964 bits per heavy atom. The summed E-state index contributed by atoms with van der Waals surface area (Å²) >= 11 is 12.3. The monoisotopic (exact) mass is 427 g/mol.